The van der Waals surface area contributed by atoms with E-state index in [-0.39, 0.29) is 5.91 Å². The Bertz CT molecular complexity index is 470. The van der Waals surface area contributed by atoms with Crippen LogP contribution in [0.5, 0.6) is 0 Å². The van der Waals surface area contributed by atoms with Crippen LogP contribution in [0.15, 0.2) is 18.3 Å². The van der Waals surface area contributed by atoms with Gasteiger partial charge >= 0.3 is 0 Å². The third-order valence-corrected chi connectivity index (χ3v) is 3.16. The number of aromatic nitrogens is 1. The topological polar surface area (TPSA) is 75.0 Å². The number of ether oxygens (including phenoxy) is 1. The van der Waals surface area contributed by atoms with Gasteiger partial charge in [0.1, 0.15) is 5.41 Å². The van der Waals surface area contributed by atoms with Crippen LogP contribution >= 0.6 is 0 Å². The van der Waals surface area contributed by atoms with Crippen molar-refractivity contribution in [3.05, 3.63) is 24.0 Å². The molecule has 0 bridgehead atoms. The van der Waals surface area contributed by atoms with E-state index in [9.17, 15) is 10.1 Å². The number of aryl methyl sites for hydroxylation is 1. The van der Waals surface area contributed by atoms with Gasteiger partial charge in [-0.25, -0.2) is 0 Å². The van der Waals surface area contributed by atoms with Crippen LogP contribution in [0.3, 0.4) is 0 Å². The summed E-state index contributed by atoms with van der Waals surface area (Å²) < 4.78 is 5.20. The largest absolute Gasteiger partial charge is 0.381 e. The number of pyridine rings is 1. The minimum atomic E-state index is -0.969. The van der Waals surface area contributed by atoms with Gasteiger partial charge < -0.3 is 10.1 Å². The third kappa shape index (κ3) is 2.49. The van der Waals surface area contributed by atoms with Crippen LogP contribution in [0.2, 0.25) is 0 Å². The average Bonchev–Trinajstić information content (AvgIpc) is 2.42. The van der Waals surface area contributed by atoms with Crippen LogP contribution in [0, 0.1) is 23.7 Å². The molecule has 5 heteroatoms. The molecule has 18 heavy (non-hydrogen) atoms. The maximum absolute atomic E-state index is 12.2. The Morgan fingerprint density at radius 3 is 2.78 bits per heavy atom. The summed E-state index contributed by atoms with van der Waals surface area (Å²) in [4.78, 5) is 16.3. The van der Waals surface area contributed by atoms with Crippen molar-refractivity contribution in [2.45, 2.75) is 19.8 Å². The van der Waals surface area contributed by atoms with Crippen molar-refractivity contribution < 1.29 is 9.53 Å². The number of anilines is 1. The number of nitrogens with one attached hydrogen (secondary N) is 1. The molecule has 0 unspecified atom stereocenters. The van der Waals surface area contributed by atoms with E-state index in [1.54, 1.807) is 12.3 Å². The van der Waals surface area contributed by atoms with Crippen molar-refractivity contribution in [3.63, 3.8) is 0 Å². The predicted molar refractivity (Wildman–Crippen MR) is 65.7 cm³/mol. The van der Waals surface area contributed by atoms with Gasteiger partial charge in [0.05, 0.1) is 18.0 Å². The van der Waals surface area contributed by atoms with Crippen LogP contribution < -0.4 is 5.32 Å². The van der Waals surface area contributed by atoms with Gasteiger partial charge in [-0.15, -0.1) is 0 Å². The summed E-state index contributed by atoms with van der Waals surface area (Å²) in [5.74, 6) is -0.265. The first-order valence-corrected chi connectivity index (χ1v) is 5.89. The maximum atomic E-state index is 12.2. The molecular formula is C13H15N3O2. The third-order valence-electron chi connectivity index (χ3n) is 3.16. The van der Waals surface area contributed by atoms with Gasteiger partial charge in [0, 0.05) is 18.9 Å². The normalized spacial score (nSPS) is 17.8. The van der Waals surface area contributed by atoms with Crippen molar-refractivity contribution in [2.75, 3.05) is 18.5 Å². The Hall–Kier alpha value is -1.93. The fraction of sp³-hybridized carbons (Fsp3) is 0.462. The lowest BCUT2D eigenvalue weighted by Gasteiger charge is -2.29. The van der Waals surface area contributed by atoms with Gasteiger partial charge in [-0.05, 0) is 31.9 Å². The number of carbonyl (C=O) groups is 1. The van der Waals surface area contributed by atoms with Crippen molar-refractivity contribution in [3.8, 4) is 6.07 Å². The fourth-order valence-corrected chi connectivity index (χ4v) is 1.90. The van der Waals surface area contributed by atoms with Crippen LogP contribution in [0.25, 0.3) is 0 Å². The van der Waals surface area contributed by atoms with Gasteiger partial charge in [0.2, 0.25) is 5.91 Å². The standard InChI is InChI=1S/C13H15N3O2/c1-10-2-3-11(8-15-10)16-12(17)13(9-14)4-6-18-7-5-13/h2-3,8H,4-7H2,1H3,(H,16,17). The van der Waals surface area contributed by atoms with E-state index in [0.717, 1.165) is 5.69 Å². The summed E-state index contributed by atoms with van der Waals surface area (Å²) in [7, 11) is 0. The molecule has 1 amide bonds. The van der Waals surface area contributed by atoms with Crippen LogP contribution in [-0.4, -0.2) is 24.1 Å². The number of rotatable bonds is 2. The average molecular weight is 245 g/mol. The zero-order valence-corrected chi connectivity index (χ0v) is 10.3. The van der Waals surface area contributed by atoms with Crippen LogP contribution in [-0.2, 0) is 9.53 Å². The van der Waals surface area contributed by atoms with E-state index in [0.29, 0.717) is 31.7 Å². The van der Waals surface area contributed by atoms with E-state index in [1.807, 2.05) is 13.0 Å². The number of carbonyl (C=O) groups excluding carboxylic acids is 1. The van der Waals surface area contributed by atoms with Crippen molar-refractivity contribution in [1.82, 2.24) is 4.98 Å². The lowest BCUT2D eigenvalue weighted by molar-refractivity contribution is -0.126. The molecular weight excluding hydrogens is 230 g/mol. The molecule has 0 aliphatic carbocycles. The lowest BCUT2D eigenvalue weighted by atomic mass is 9.81. The first kappa shape index (κ1) is 12.5. The quantitative estimate of drug-likeness (QED) is 0.859. The van der Waals surface area contributed by atoms with Gasteiger partial charge in [-0.2, -0.15) is 5.26 Å². The SMILES string of the molecule is Cc1ccc(NC(=O)C2(C#N)CCOCC2)cn1. The fourth-order valence-electron chi connectivity index (χ4n) is 1.90. The second-order valence-corrected chi connectivity index (χ2v) is 4.45. The Morgan fingerprint density at radius 2 is 2.22 bits per heavy atom. The van der Waals surface area contributed by atoms with Crippen molar-refractivity contribution in [1.29, 1.82) is 5.26 Å². The number of nitrogens with zero attached hydrogens (tertiary/aromatic N) is 2. The molecule has 0 aromatic carbocycles. The van der Waals surface area contributed by atoms with Gasteiger partial charge in [0.25, 0.3) is 0 Å². The maximum Gasteiger partial charge on any atom is 0.245 e. The van der Waals surface area contributed by atoms with E-state index < -0.39 is 5.41 Å². The Morgan fingerprint density at radius 1 is 1.50 bits per heavy atom. The van der Waals surface area contributed by atoms with E-state index in [1.165, 1.54) is 0 Å². The molecule has 1 aromatic rings. The Balaban J connectivity index is 2.11. The summed E-state index contributed by atoms with van der Waals surface area (Å²) in [6.07, 6.45) is 2.47. The molecule has 2 heterocycles. The predicted octanol–water partition coefficient (Wildman–Crippen LogP) is 1.65. The highest BCUT2D eigenvalue weighted by molar-refractivity contribution is 5.97. The molecule has 1 N–H and O–H groups in total. The highest BCUT2D eigenvalue weighted by Crippen LogP contribution is 2.31. The first-order chi connectivity index (χ1) is 8.66. The zero-order valence-electron chi connectivity index (χ0n) is 10.3. The number of hydrogen-bond acceptors (Lipinski definition) is 4. The minimum absolute atomic E-state index is 0.265. The smallest absolute Gasteiger partial charge is 0.245 e. The second kappa shape index (κ2) is 5.15. The summed E-state index contributed by atoms with van der Waals surface area (Å²) in [6, 6.07) is 5.74. The molecule has 94 valence electrons. The molecule has 0 saturated carbocycles. The molecule has 1 fully saturated rings. The van der Waals surface area contributed by atoms with Crippen molar-refractivity contribution in [2.24, 2.45) is 5.41 Å². The van der Waals surface area contributed by atoms with E-state index in [2.05, 4.69) is 16.4 Å². The zero-order chi connectivity index (χ0) is 13.0. The molecule has 0 radical (unpaired) electrons. The van der Waals surface area contributed by atoms with Crippen LogP contribution in [0.4, 0.5) is 5.69 Å². The molecule has 1 aliphatic rings. The Kier molecular flexibility index (Phi) is 3.58. The van der Waals surface area contributed by atoms with Gasteiger partial charge in [-0.3, -0.25) is 9.78 Å². The minimum Gasteiger partial charge on any atom is -0.381 e. The number of amides is 1. The molecule has 5 nitrogen and oxygen atoms in total. The lowest BCUT2D eigenvalue weighted by Crippen LogP contribution is -2.39. The Labute approximate surface area is 106 Å². The monoisotopic (exact) mass is 245 g/mol. The summed E-state index contributed by atoms with van der Waals surface area (Å²) >= 11 is 0. The van der Waals surface area contributed by atoms with Crippen LogP contribution in [0.1, 0.15) is 18.5 Å². The molecule has 0 spiro atoms. The second-order valence-electron chi connectivity index (χ2n) is 4.45. The molecule has 1 saturated heterocycles. The highest BCUT2D eigenvalue weighted by Gasteiger charge is 2.40. The van der Waals surface area contributed by atoms with Crippen molar-refractivity contribution >= 4 is 11.6 Å². The summed E-state index contributed by atoms with van der Waals surface area (Å²) in [5.41, 5.74) is 0.532. The summed E-state index contributed by atoms with van der Waals surface area (Å²) in [6.45, 7) is 2.78. The molecule has 1 aromatic heterocycles. The first-order valence-electron chi connectivity index (χ1n) is 5.89. The van der Waals surface area contributed by atoms with E-state index >= 15 is 0 Å². The van der Waals surface area contributed by atoms with E-state index in [4.69, 9.17) is 4.74 Å². The number of hydrogen-bond donors (Lipinski definition) is 1. The van der Waals surface area contributed by atoms with Gasteiger partial charge in [-0.1, -0.05) is 0 Å². The molecule has 1 aliphatic heterocycles. The molecule has 2 rings (SSSR count). The highest BCUT2D eigenvalue weighted by atomic mass is 16.5. The summed E-state index contributed by atoms with van der Waals surface area (Å²) in [5, 5.41) is 12.0. The molecule has 0 atom stereocenters. The number of nitriles is 1. The van der Waals surface area contributed by atoms with Gasteiger partial charge in [0.15, 0.2) is 0 Å².